The average Bonchev–Trinajstić information content (AvgIpc) is 2.13. The second kappa shape index (κ2) is 6.79. The number of aliphatic hydroxyl groups is 1. The van der Waals surface area contributed by atoms with Crippen molar-refractivity contribution in [3.63, 3.8) is 0 Å². The largest absolute Gasteiger partial charge is 0.391 e. The van der Waals surface area contributed by atoms with E-state index in [9.17, 15) is 9.90 Å². The number of rotatable bonds is 6. The van der Waals surface area contributed by atoms with E-state index in [4.69, 9.17) is 4.74 Å². The summed E-state index contributed by atoms with van der Waals surface area (Å²) in [6.45, 7) is 8.15. The summed E-state index contributed by atoms with van der Waals surface area (Å²) in [5.74, 6) is -0.0238. The number of nitrogens with one attached hydrogen (secondary N) is 1. The first-order valence-electron chi connectivity index (χ1n) is 5.06. The first-order chi connectivity index (χ1) is 6.49. The van der Waals surface area contributed by atoms with Crippen LogP contribution < -0.4 is 5.32 Å². The Balaban J connectivity index is 3.73. The van der Waals surface area contributed by atoms with Gasteiger partial charge >= 0.3 is 0 Å². The SMILES string of the molecule is CCOC(C)C(=O)NCC(O)C(C)C. The van der Waals surface area contributed by atoms with Gasteiger partial charge in [-0.05, 0) is 19.8 Å². The van der Waals surface area contributed by atoms with Crippen molar-refractivity contribution in [1.82, 2.24) is 5.32 Å². The van der Waals surface area contributed by atoms with Crippen molar-refractivity contribution in [3.8, 4) is 0 Å². The molecule has 1 amide bonds. The highest BCUT2D eigenvalue weighted by Crippen LogP contribution is 1.99. The quantitative estimate of drug-likeness (QED) is 0.662. The maximum atomic E-state index is 11.3. The molecule has 0 aliphatic heterocycles. The first kappa shape index (κ1) is 13.4. The van der Waals surface area contributed by atoms with Crippen molar-refractivity contribution in [3.05, 3.63) is 0 Å². The number of hydrogen-bond donors (Lipinski definition) is 2. The fraction of sp³-hybridized carbons (Fsp3) is 0.900. The number of carbonyl (C=O) groups excluding carboxylic acids is 1. The molecule has 0 heterocycles. The summed E-state index contributed by atoms with van der Waals surface area (Å²) < 4.78 is 5.10. The van der Waals surface area contributed by atoms with Crippen molar-refractivity contribution in [1.29, 1.82) is 0 Å². The van der Waals surface area contributed by atoms with Crippen LogP contribution in [0.25, 0.3) is 0 Å². The molecule has 2 N–H and O–H groups in total. The molecule has 0 fully saturated rings. The predicted molar refractivity (Wildman–Crippen MR) is 54.9 cm³/mol. The Kier molecular flexibility index (Phi) is 6.49. The highest BCUT2D eigenvalue weighted by atomic mass is 16.5. The Labute approximate surface area is 85.6 Å². The summed E-state index contributed by atoms with van der Waals surface area (Å²) in [6, 6.07) is 0. The molecule has 0 aromatic heterocycles. The van der Waals surface area contributed by atoms with Gasteiger partial charge in [-0.3, -0.25) is 4.79 Å². The van der Waals surface area contributed by atoms with Crippen LogP contribution in [-0.2, 0) is 9.53 Å². The number of aliphatic hydroxyl groups excluding tert-OH is 1. The molecule has 14 heavy (non-hydrogen) atoms. The zero-order valence-corrected chi connectivity index (χ0v) is 9.41. The number of ether oxygens (including phenoxy) is 1. The lowest BCUT2D eigenvalue weighted by Gasteiger charge is -2.17. The minimum atomic E-state index is -0.493. The predicted octanol–water partition coefficient (Wildman–Crippen LogP) is 0.544. The molecule has 0 aromatic carbocycles. The lowest BCUT2D eigenvalue weighted by atomic mass is 10.1. The summed E-state index contributed by atoms with van der Waals surface area (Å²) in [5.41, 5.74) is 0. The van der Waals surface area contributed by atoms with Gasteiger partial charge in [-0.25, -0.2) is 0 Å². The van der Waals surface area contributed by atoms with Crippen LogP contribution in [0, 0.1) is 5.92 Å². The van der Waals surface area contributed by atoms with Crippen molar-refractivity contribution in [2.75, 3.05) is 13.2 Å². The van der Waals surface area contributed by atoms with Crippen LogP contribution in [-0.4, -0.2) is 36.4 Å². The molecule has 4 nitrogen and oxygen atoms in total. The van der Waals surface area contributed by atoms with Gasteiger partial charge in [-0.15, -0.1) is 0 Å². The van der Waals surface area contributed by atoms with E-state index in [1.807, 2.05) is 20.8 Å². The van der Waals surface area contributed by atoms with Crippen molar-refractivity contribution in [2.24, 2.45) is 5.92 Å². The molecule has 0 spiro atoms. The van der Waals surface area contributed by atoms with E-state index in [2.05, 4.69) is 5.32 Å². The van der Waals surface area contributed by atoms with E-state index in [0.717, 1.165) is 0 Å². The van der Waals surface area contributed by atoms with Gasteiger partial charge in [0.1, 0.15) is 6.10 Å². The molecule has 0 bridgehead atoms. The monoisotopic (exact) mass is 203 g/mol. The molecular weight excluding hydrogens is 182 g/mol. The third kappa shape index (κ3) is 5.19. The van der Waals surface area contributed by atoms with Crippen LogP contribution >= 0.6 is 0 Å². The molecule has 0 aliphatic rings. The average molecular weight is 203 g/mol. The zero-order chi connectivity index (χ0) is 11.1. The second-order valence-corrected chi connectivity index (χ2v) is 3.65. The smallest absolute Gasteiger partial charge is 0.248 e. The van der Waals surface area contributed by atoms with Crippen LogP contribution in [0.15, 0.2) is 0 Å². The topological polar surface area (TPSA) is 58.6 Å². The Morgan fingerprint density at radius 2 is 2.00 bits per heavy atom. The minimum absolute atomic E-state index is 0.151. The maximum absolute atomic E-state index is 11.3. The third-order valence-electron chi connectivity index (χ3n) is 2.04. The van der Waals surface area contributed by atoms with Crippen LogP contribution in [0.3, 0.4) is 0 Å². The normalized spacial score (nSPS) is 15.3. The third-order valence-corrected chi connectivity index (χ3v) is 2.04. The Morgan fingerprint density at radius 3 is 2.43 bits per heavy atom. The van der Waals surface area contributed by atoms with Crippen molar-refractivity contribution >= 4 is 5.91 Å². The maximum Gasteiger partial charge on any atom is 0.248 e. The molecule has 2 atom stereocenters. The highest BCUT2D eigenvalue weighted by molar-refractivity contribution is 5.80. The molecule has 4 heteroatoms. The number of hydrogen-bond acceptors (Lipinski definition) is 3. The van der Waals surface area contributed by atoms with Gasteiger partial charge in [-0.2, -0.15) is 0 Å². The molecule has 0 radical (unpaired) electrons. The van der Waals surface area contributed by atoms with Gasteiger partial charge in [0.25, 0.3) is 0 Å². The molecule has 0 rings (SSSR count). The van der Waals surface area contributed by atoms with Crippen molar-refractivity contribution < 1.29 is 14.6 Å². The second-order valence-electron chi connectivity index (χ2n) is 3.65. The molecule has 2 unspecified atom stereocenters. The minimum Gasteiger partial charge on any atom is -0.391 e. The standard InChI is InChI=1S/C10H21NO3/c1-5-14-8(4)10(13)11-6-9(12)7(2)3/h7-9,12H,5-6H2,1-4H3,(H,11,13). The van der Waals surface area contributed by atoms with E-state index in [0.29, 0.717) is 6.61 Å². The fourth-order valence-electron chi connectivity index (χ4n) is 0.910. The van der Waals surface area contributed by atoms with E-state index in [1.165, 1.54) is 0 Å². The molecule has 84 valence electrons. The van der Waals surface area contributed by atoms with Gasteiger partial charge in [0.15, 0.2) is 0 Å². The van der Waals surface area contributed by atoms with Gasteiger partial charge in [-0.1, -0.05) is 13.8 Å². The number of carbonyl (C=O) groups is 1. The molecule has 0 saturated heterocycles. The summed E-state index contributed by atoms with van der Waals surface area (Å²) >= 11 is 0. The van der Waals surface area contributed by atoms with E-state index in [1.54, 1.807) is 6.92 Å². The Morgan fingerprint density at radius 1 is 1.43 bits per heavy atom. The van der Waals surface area contributed by atoms with Gasteiger partial charge in [0, 0.05) is 13.2 Å². The van der Waals surface area contributed by atoms with Crippen LogP contribution in [0.1, 0.15) is 27.7 Å². The number of amides is 1. The molecular formula is C10H21NO3. The van der Waals surface area contributed by atoms with Crippen LogP contribution in [0.2, 0.25) is 0 Å². The van der Waals surface area contributed by atoms with E-state index >= 15 is 0 Å². The highest BCUT2D eigenvalue weighted by Gasteiger charge is 2.15. The van der Waals surface area contributed by atoms with Gasteiger partial charge < -0.3 is 15.2 Å². The first-order valence-corrected chi connectivity index (χ1v) is 5.06. The summed E-state index contributed by atoms with van der Waals surface area (Å²) in [6.07, 6.45) is -0.938. The molecule has 0 aliphatic carbocycles. The van der Waals surface area contributed by atoms with Crippen molar-refractivity contribution in [2.45, 2.75) is 39.9 Å². The summed E-state index contributed by atoms with van der Waals surface area (Å²) in [7, 11) is 0. The summed E-state index contributed by atoms with van der Waals surface area (Å²) in [4.78, 5) is 11.3. The Bertz CT molecular complexity index is 171. The Hall–Kier alpha value is -0.610. The van der Waals surface area contributed by atoms with Gasteiger partial charge in [0.2, 0.25) is 5.91 Å². The fourth-order valence-corrected chi connectivity index (χ4v) is 0.910. The molecule has 0 aromatic rings. The van der Waals surface area contributed by atoms with Crippen LogP contribution in [0.5, 0.6) is 0 Å². The molecule has 0 saturated carbocycles. The zero-order valence-electron chi connectivity index (χ0n) is 9.41. The lowest BCUT2D eigenvalue weighted by Crippen LogP contribution is -2.40. The lowest BCUT2D eigenvalue weighted by molar-refractivity contribution is -0.132. The summed E-state index contributed by atoms with van der Waals surface area (Å²) in [5, 5.41) is 12.1. The van der Waals surface area contributed by atoms with E-state index in [-0.39, 0.29) is 18.4 Å². The van der Waals surface area contributed by atoms with E-state index < -0.39 is 12.2 Å². The van der Waals surface area contributed by atoms with Crippen LogP contribution in [0.4, 0.5) is 0 Å². The van der Waals surface area contributed by atoms with Gasteiger partial charge in [0.05, 0.1) is 6.10 Å².